The third-order valence-corrected chi connectivity index (χ3v) is 16.8. The molecule has 0 amide bonds. The van der Waals surface area contributed by atoms with Crippen LogP contribution in [0.25, 0.3) is 98.4 Å². The molecule has 0 aliphatic heterocycles. The summed E-state index contributed by atoms with van der Waals surface area (Å²) in [5, 5.41) is 11.7. The number of fused-ring (bicyclic) bond motifs is 22. The largest absolute Gasteiger partial charge is 0.456 e. The standard InChI is InChI=1S/C73H44N2O2/c1-3-19-47(20-4-1)74(63-31-17-35-67-70(63)56-27-11-15-33-65(56)76-67)49-38-37-45-42-59-62(43-46(45)41-49)73(60-29-13-9-24-52(60)53-25-10-14-30-61(53)73)72-55-40-39-50(44-58(55)51-23-7-8-26-54(51)69(59)72)75(48-21-5-2-6-22-48)64-32-18-36-68-71(64)57-28-12-16-34-66(57)77-68/h1-44H. The molecule has 15 aromatic rings. The Labute approximate surface area is 443 Å². The highest BCUT2D eigenvalue weighted by Gasteiger charge is 2.53. The fourth-order valence-electron chi connectivity index (χ4n) is 13.8. The Balaban J connectivity index is 0.944. The summed E-state index contributed by atoms with van der Waals surface area (Å²) in [7, 11) is 0. The maximum Gasteiger partial charge on any atom is 0.137 e. The molecule has 358 valence electrons. The summed E-state index contributed by atoms with van der Waals surface area (Å²) < 4.78 is 13.0. The number of nitrogens with zero attached hydrogens (tertiary/aromatic N) is 2. The summed E-state index contributed by atoms with van der Waals surface area (Å²) in [6.45, 7) is 0. The van der Waals surface area contributed by atoms with Gasteiger partial charge in [-0.3, -0.25) is 0 Å². The highest BCUT2D eigenvalue weighted by atomic mass is 16.3. The maximum atomic E-state index is 6.52. The lowest BCUT2D eigenvalue weighted by atomic mass is 9.69. The molecule has 2 aromatic heterocycles. The second kappa shape index (κ2) is 15.9. The highest BCUT2D eigenvalue weighted by molar-refractivity contribution is 6.22. The van der Waals surface area contributed by atoms with E-state index in [0.717, 1.165) is 78.0 Å². The van der Waals surface area contributed by atoms with Crippen molar-refractivity contribution in [3.8, 4) is 22.3 Å². The van der Waals surface area contributed by atoms with E-state index in [1.165, 1.54) is 76.8 Å². The lowest BCUT2D eigenvalue weighted by Crippen LogP contribution is -2.26. The molecule has 1 spiro atoms. The van der Waals surface area contributed by atoms with Crippen LogP contribution in [-0.4, -0.2) is 0 Å². The van der Waals surface area contributed by atoms with Gasteiger partial charge < -0.3 is 18.6 Å². The van der Waals surface area contributed by atoms with E-state index >= 15 is 0 Å². The van der Waals surface area contributed by atoms with Crippen molar-refractivity contribution in [1.29, 1.82) is 0 Å². The molecule has 0 unspecified atom stereocenters. The van der Waals surface area contributed by atoms with Gasteiger partial charge in [-0.15, -0.1) is 0 Å². The predicted octanol–water partition coefficient (Wildman–Crippen LogP) is 20.2. The zero-order valence-corrected chi connectivity index (χ0v) is 41.6. The van der Waals surface area contributed by atoms with Crippen molar-refractivity contribution in [1.82, 2.24) is 0 Å². The molecule has 0 N–H and O–H groups in total. The van der Waals surface area contributed by atoms with Gasteiger partial charge in [0.1, 0.15) is 22.3 Å². The van der Waals surface area contributed by atoms with Crippen LogP contribution in [0.3, 0.4) is 0 Å². The van der Waals surface area contributed by atoms with Gasteiger partial charge in [0.05, 0.1) is 27.6 Å². The van der Waals surface area contributed by atoms with E-state index in [1.807, 2.05) is 12.1 Å². The third-order valence-electron chi connectivity index (χ3n) is 16.8. The van der Waals surface area contributed by atoms with Gasteiger partial charge in [0.2, 0.25) is 0 Å². The van der Waals surface area contributed by atoms with Gasteiger partial charge in [0.15, 0.2) is 0 Å². The van der Waals surface area contributed by atoms with Crippen LogP contribution in [0.2, 0.25) is 0 Å². The lowest BCUT2D eigenvalue weighted by Gasteiger charge is -2.32. The molecule has 13 aromatic carbocycles. The van der Waals surface area contributed by atoms with Crippen LogP contribution < -0.4 is 9.80 Å². The molecule has 0 radical (unpaired) electrons. The van der Waals surface area contributed by atoms with Crippen molar-refractivity contribution in [2.24, 2.45) is 0 Å². The first kappa shape index (κ1) is 42.2. The number of rotatable bonds is 6. The minimum atomic E-state index is -0.632. The summed E-state index contributed by atoms with van der Waals surface area (Å²) in [6.07, 6.45) is 0. The van der Waals surface area contributed by atoms with E-state index < -0.39 is 5.41 Å². The summed E-state index contributed by atoms with van der Waals surface area (Å²) in [5.41, 5.74) is 19.7. The Hall–Kier alpha value is -10.2. The molecular formula is C73H44N2O2. The first-order chi connectivity index (χ1) is 38.2. The SMILES string of the molecule is c1ccc(N(c2ccc3cc4c(cc3c2)C2(c3ccccc3-c3ccccc32)c2c-4c3ccccc3c3cc(N(c4ccccc4)c4cccc5oc6ccccc6c45)ccc23)c2cccc3oc4ccccc4c23)cc1. The zero-order valence-electron chi connectivity index (χ0n) is 41.6. The van der Waals surface area contributed by atoms with Gasteiger partial charge >= 0.3 is 0 Å². The summed E-state index contributed by atoms with van der Waals surface area (Å²) in [6, 6.07) is 97.8. The Morgan fingerprint density at radius 3 is 1.38 bits per heavy atom. The average Bonchev–Trinajstić information content (AvgIpc) is 4.29. The van der Waals surface area contributed by atoms with E-state index in [4.69, 9.17) is 8.83 Å². The summed E-state index contributed by atoms with van der Waals surface area (Å²) in [4.78, 5) is 4.81. The van der Waals surface area contributed by atoms with E-state index in [2.05, 4.69) is 265 Å². The summed E-state index contributed by atoms with van der Waals surface area (Å²) >= 11 is 0. The van der Waals surface area contributed by atoms with Gasteiger partial charge in [-0.25, -0.2) is 0 Å². The van der Waals surface area contributed by atoms with Crippen molar-refractivity contribution in [3.05, 3.63) is 289 Å². The Bertz CT molecular complexity index is 4910. The fraction of sp³-hybridized carbons (Fsp3) is 0.0137. The Morgan fingerprint density at radius 1 is 0.273 bits per heavy atom. The molecule has 0 atom stereocenters. The minimum Gasteiger partial charge on any atom is -0.456 e. The lowest BCUT2D eigenvalue weighted by molar-refractivity contribution is 0.668. The van der Waals surface area contributed by atoms with Crippen molar-refractivity contribution in [3.63, 3.8) is 0 Å². The molecule has 0 saturated carbocycles. The molecule has 2 aliphatic rings. The normalized spacial score (nSPS) is 13.0. The number of hydrogen-bond donors (Lipinski definition) is 0. The average molecular weight is 981 g/mol. The van der Waals surface area contributed by atoms with Gasteiger partial charge in [-0.2, -0.15) is 0 Å². The maximum absolute atomic E-state index is 6.52. The second-order valence-electron chi connectivity index (χ2n) is 20.6. The van der Waals surface area contributed by atoms with E-state index in [1.54, 1.807) is 0 Å². The first-order valence-electron chi connectivity index (χ1n) is 26.5. The van der Waals surface area contributed by atoms with Crippen molar-refractivity contribution < 1.29 is 8.83 Å². The molecule has 2 aliphatic carbocycles. The van der Waals surface area contributed by atoms with Crippen LogP contribution in [0.5, 0.6) is 0 Å². The van der Waals surface area contributed by atoms with E-state index in [-0.39, 0.29) is 0 Å². The first-order valence-corrected chi connectivity index (χ1v) is 26.5. The molecule has 17 rings (SSSR count). The van der Waals surface area contributed by atoms with Gasteiger partial charge in [0.25, 0.3) is 0 Å². The predicted molar refractivity (Wildman–Crippen MR) is 319 cm³/mol. The third kappa shape index (κ3) is 5.81. The number of para-hydroxylation sites is 4. The minimum absolute atomic E-state index is 0.632. The highest BCUT2D eigenvalue weighted by Crippen LogP contribution is 2.66. The number of anilines is 6. The van der Waals surface area contributed by atoms with Gasteiger partial charge in [0, 0.05) is 33.5 Å². The van der Waals surface area contributed by atoms with Crippen LogP contribution in [0.1, 0.15) is 22.3 Å². The quantitative estimate of drug-likeness (QED) is 0.155. The van der Waals surface area contributed by atoms with Crippen LogP contribution in [0, 0.1) is 0 Å². The molecule has 4 nitrogen and oxygen atoms in total. The van der Waals surface area contributed by atoms with Crippen molar-refractivity contribution >= 4 is 110 Å². The van der Waals surface area contributed by atoms with E-state index in [0.29, 0.717) is 0 Å². The van der Waals surface area contributed by atoms with Crippen LogP contribution in [-0.2, 0) is 5.41 Å². The second-order valence-corrected chi connectivity index (χ2v) is 20.6. The smallest absolute Gasteiger partial charge is 0.137 e. The molecule has 0 fully saturated rings. The topological polar surface area (TPSA) is 32.8 Å². The molecule has 4 heteroatoms. The fourth-order valence-corrected chi connectivity index (χ4v) is 13.8. The number of benzene rings is 13. The van der Waals surface area contributed by atoms with Crippen LogP contribution >= 0.6 is 0 Å². The van der Waals surface area contributed by atoms with E-state index in [9.17, 15) is 0 Å². The molecular weight excluding hydrogens is 937 g/mol. The van der Waals surface area contributed by atoms with Crippen molar-refractivity contribution in [2.45, 2.75) is 5.41 Å². The zero-order chi connectivity index (χ0) is 50.3. The van der Waals surface area contributed by atoms with Crippen LogP contribution in [0.15, 0.2) is 276 Å². The number of furan rings is 2. The monoisotopic (exact) mass is 980 g/mol. The molecule has 0 bridgehead atoms. The molecule has 0 saturated heterocycles. The molecule has 77 heavy (non-hydrogen) atoms. The summed E-state index contributed by atoms with van der Waals surface area (Å²) in [5.74, 6) is 0. The Kier molecular flexibility index (Phi) is 8.73. The number of hydrogen-bond acceptors (Lipinski definition) is 4. The Morgan fingerprint density at radius 2 is 0.766 bits per heavy atom. The molecule has 2 heterocycles. The van der Waals surface area contributed by atoms with Gasteiger partial charge in [-0.05, 0) is 174 Å². The van der Waals surface area contributed by atoms with Gasteiger partial charge in [-0.1, -0.05) is 170 Å². The van der Waals surface area contributed by atoms with Crippen LogP contribution in [0.4, 0.5) is 34.1 Å². The van der Waals surface area contributed by atoms with Crippen molar-refractivity contribution in [2.75, 3.05) is 9.80 Å².